The van der Waals surface area contributed by atoms with Crippen LogP contribution in [0.4, 0.5) is 19.0 Å². The minimum absolute atomic E-state index is 0.0177. The smallest absolute Gasteiger partial charge is 0.342 e. The van der Waals surface area contributed by atoms with E-state index in [4.69, 9.17) is 0 Å². The Kier molecular flexibility index (Phi) is 4.10. The Labute approximate surface area is 147 Å². The summed E-state index contributed by atoms with van der Waals surface area (Å²) in [5.41, 5.74) is 2.52. The van der Waals surface area contributed by atoms with Gasteiger partial charge < -0.3 is 4.90 Å². The van der Waals surface area contributed by atoms with E-state index in [1.807, 2.05) is 17.6 Å². The number of carbonyl (C=O) groups is 1. The van der Waals surface area contributed by atoms with Gasteiger partial charge in [0.2, 0.25) is 11.7 Å². The highest BCUT2D eigenvalue weighted by molar-refractivity contribution is 5.93. The predicted molar refractivity (Wildman–Crippen MR) is 87.2 cm³/mol. The second-order valence-corrected chi connectivity index (χ2v) is 6.54. The summed E-state index contributed by atoms with van der Waals surface area (Å²) in [6.07, 6.45) is 1.82. The van der Waals surface area contributed by atoms with Crippen molar-refractivity contribution in [3.05, 3.63) is 30.0 Å². The number of hydrogen-bond donors (Lipinski definition) is 1. The molecule has 4 heterocycles. The largest absolute Gasteiger partial charge is 0.389 e. The Balaban J connectivity index is 1.57. The van der Waals surface area contributed by atoms with Gasteiger partial charge in [-0.3, -0.25) is 10.1 Å². The van der Waals surface area contributed by atoms with Crippen molar-refractivity contribution in [2.75, 3.05) is 13.1 Å². The lowest BCUT2D eigenvalue weighted by atomic mass is 9.98. The molecule has 26 heavy (non-hydrogen) atoms. The number of amides is 1. The molecule has 1 amide bonds. The van der Waals surface area contributed by atoms with Gasteiger partial charge in [0.1, 0.15) is 6.33 Å². The first-order valence-electron chi connectivity index (χ1n) is 8.42. The van der Waals surface area contributed by atoms with Gasteiger partial charge in [-0.1, -0.05) is 0 Å². The van der Waals surface area contributed by atoms with E-state index in [9.17, 15) is 18.0 Å². The third-order valence-electron chi connectivity index (χ3n) is 4.84. The van der Waals surface area contributed by atoms with Crippen molar-refractivity contribution >= 4 is 28.7 Å². The molecule has 6 nitrogen and oxygen atoms in total. The number of pyridine rings is 1. The first-order valence-corrected chi connectivity index (χ1v) is 8.42. The molecule has 1 saturated heterocycles. The Morgan fingerprint density at radius 1 is 1.31 bits per heavy atom. The van der Waals surface area contributed by atoms with E-state index in [0.717, 1.165) is 28.0 Å². The number of fused-ring (bicyclic) bond motifs is 3. The van der Waals surface area contributed by atoms with Crippen molar-refractivity contribution in [2.24, 2.45) is 0 Å². The molecule has 2 aliphatic rings. The zero-order valence-corrected chi connectivity index (χ0v) is 13.8. The van der Waals surface area contributed by atoms with Crippen molar-refractivity contribution in [1.29, 1.82) is 0 Å². The van der Waals surface area contributed by atoms with E-state index in [-0.39, 0.29) is 5.92 Å². The Bertz CT molecular complexity index is 896. The molecule has 4 rings (SSSR count). The zero-order chi connectivity index (χ0) is 18.3. The monoisotopic (exact) mass is 364 g/mol. The van der Waals surface area contributed by atoms with E-state index in [1.54, 1.807) is 6.20 Å². The fraction of sp³-hybridized carbons (Fsp3) is 0.412. The molecule has 2 aromatic rings. The standard InChI is InChI=1S/C17H16F3N5O/c18-17(19,20)4-1-13(26)25-6-3-10(8-25)15-14-11-2-5-21-16(11)22-7-12(14)23-9-24-15/h2,5,7,9-10H,1,3-4,6,8H2,(H,21,22)/p+1. The summed E-state index contributed by atoms with van der Waals surface area (Å²) in [6, 6.07) is 0. The molecule has 1 unspecified atom stereocenters. The van der Waals surface area contributed by atoms with Gasteiger partial charge in [0.05, 0.1) is 35.6 Å². The van der Waals surface area contributed by atoms with Gasteiger partial charge in [-0.2, -0.15) is 13.2 Å². The zero-order valence-electron chi connectivity index (χ0n) is 13.8. The number of likely N-dealkylation sites (tertiary alicyclic amines) is 1. The molecule has 2 aromatic heterocycles. The van der Waals surface area contributed by atoms with Gasteiger partial charge in [-0.15, -0.1) is 0 Å². The molecule has 1 atom stereocenters. The average molecular weight is 364 g/mol. The van der Waals surface area contributed by atoms with E-state index in [0.29, 0.717) is 19.5 Å². The van der Waals surface area contributed by atoms with Gasteiger partial charge in [-0.25, -0.2) is 15.0 Å². The summed E-state index contributed by atoms with van der Waals surface area (Å²) < 4.78 is 37.0. The lowest BCUT2D eigenvalue weighted by Crippen LogP contribution is -2.70. The summed E-state index contributed by atoms with van der Waals surface area (Å²) >= 11 is 0. The second kappa shape index (κ2) is 6.31. The van der Waals surface area contributed by atoms with Crippen molar-refractivity contribution in [2.45, 2.75) is 31.4 Å². The predicted octanol–water partition coefficient (Wildman–Crippen LogP) is 1.86. The van der Waals surface area contributed by atoms with Crippen LogP contribution < -0.4 is 5.32 Å². The quantitative estimate of drug-likeness (QED) is 0.902. The first kappa shape index (κ1) is 16.9. The van der Waals surface area contributed by atoms with E-state index in [1.165, 1.54) is 11.2 Å². The van der Waals surface area contributed by atoms with Crippen molar-refractivity contribution in [3.8, 4) is 0 Å². The molecule has 2 N–H and O–H groups in total. The molecule has 2 aliphatic heterocycles. The van der Waals surface area contributed by atoms with E-state index >= 15 is 0 Å². The molecular weight excluding hydrogens is 347 g/mol. The third-order valence-corrected chi connectivity index (χ3v) is 4.84. The van der Waals surface area contributed by atoms with Gasteiger partial charge in [-0.05, 0) is 6.42 Å². The maximum absolute atomic E-state index is 12.3. The molecular formula is C17H17F3N5O+. The molecule has 0 spiro atoms. The molecule has 0 saturated carbocycles. The summed E-state index contributed by atoms with van der Waals surface area (Å²) in [6.45, 7) is 0.829. The Morgan fingerprint density at radius 2 is 2.15 bits per heavy atom. The number of quaternary nitrogens is 1. The van der Waals surface area contributed by atoms with Crippen LogP contribution in [0.25, 0.3) is 17.0 Å². The van der Waals surface area contributed by atoms with E-state index < -0.39 is 24.9 Å². The Morgan fingerprint density at radius 3 is 2.96 bits per heavy atom. The van der Waals surface area contributed by atoms with Crippen LogP contribution >= 0.6 is 0 Å². The average Bonchev–Trinajstić information content (AvgIpc) is 3.27. The fourth-order valence-corrected chi connectivity index (χ4v) is 3.58. The highest BCUT2D eigenvalue weighted by Gasteiger charge is 2.33. The summed E-state index contributed by atoms with van der Waals surface area (Å²) in [5, 5.41) is 2.82. The number of alkyl halides is 3. The normalized spacial score (nSPS) is 19.3. The summed E-state index contributed by atoms with van der Waals surface area (Å²) in [5.74, 6) is 0.379. The number of carbonyl (C=O) groups excluding carboxylic acids is 1. The molecule has 0 aliphatic carbocycles. The number of nitrogens with zero attached hydrogens (tertiary/aromatic N) is 4. The van der Waals surface area contributed by atoms with Gasteiger partial charge in [0.25, 0.3) is 0 Å². The van der Waals surface area contributed by atoms with Gasteiger partial charge in [0.15, 0.2) is 0 Å². The molecule has 0 aromatic carbocycles. The van der Waals surface area contributed by atoms with Crippen LogP contribution in [0.5, 0.6) is 0 Å². The van der Waals surface area contributed by atoms with Crippen LogP contribution in [-0.2, 0) is 4.79 Å². The highest BCUT2D eigenvalue weighted by Crippen LogP contribution is 2.34. The maximum atomic E-state index is 12.3. The number of nitrogens with two attached hydrogens (primary N) is 1. The summed E-state index contributed by atoms with van der Waals surface area (Å²) in [4.78, 5) is 26.7. The minimum Gasteiger partial charge on any atom is -0.342 e. The van der Waals surface area contributed by atoms with Crippen LogP contribution in [0.1, 0.15) is 36.4 Å². The molecule has 0 radical (unpaired) electrons. The van der Waals surface area contributed by atoms with Crippen LogP contribution in [-0.4, -0.2) is 45.0 Å². The molecule has 9 heteroatoms. The first-order chi connectivity index (χ1) is 12.4. The maximum Gasteiger partial charge on any atom is 0.389 e. The van der Waals surface area contributed by atoms with Crippen molar-refractivity contribution < 1.29 is 23.3 Å². The van der Waals surface area contributed by atoms with Crippen LogP contribution in [0.3, 0.4) is 0 Å². The highest BCUT2D eigenvalue weighted by atomic mass is 19.4. The van der Waals surface area contributed by atoms with Crippen LogP contribution in [0.2, 0.25) is 0 Å². The minimum atomic E-state index is -4.31. The lowest BCUT2D eigenvalue weighted by molar-refractivity contribution is -0.495. The van der Waals surface area contributed by atoms with Crippen molar-refractivity contribution in [1.82, 2.24) is 19.9 Å². The number of halogens is 3. The van der Waals surface area contributed by atoms with Crippen molar-refractivity contribution in [3.63, 3.8) is 0 Å². The number of rotatable bonds is 3. The lowest BCUT2D eigenvalue weighted by Gasteiger charge is -2.17. The molecule has 1 fully saturated rings. The molecule has 0 bridgehead atoms. The van der Waals surface area contributed by atoms with Crippen LogP contribution in [0, 0.1) is 0 Å². The summed E-state index contributed by atoms with van der Waals surface area (Å²) in [7, 11) is 0. The topological polar surface area (TPSA) is 75.6 Å². The van der Waals surface area contributed by atoms with Crippen LogP contribution in [0.15, 0.2) is 18.7 Å². The van der Waals surface area contributed by atoms with Gasteiger partial charge in [0, 0.05) is 36.9 Å². The number of hydrogen-bond acceptors (Lipinski definition) is 4. The van der Waals surface area contributed by atoms with E-state index in [2.05, 4.69) is 15.0 Å². The SMILES string of the molecule is O=C(CCC(F)(F)F)N1CCC(c2ncnc3cnc4c(c23)C=C[NH2+]4)C1. The Hall–Kier alpha value is -2.55. The van der Waals surface area contributed by atoms with Gasteiger partial charge >= 0.3 is 6.18 Å². The molecule has 136 valence electrons. The third kappa shape index (κ3) is 3.14. The fourth-order valence-electron chi connectivity index (χ4n) is 3.58. The second-order valence-electron chi connectivity index (χ2n) is 6.54. The number of aromatic nitrogens is 3.